The standard InChI is InChI=1S/C24H24ClNO4/c1-16(17-8-11-20(25)12-9-17)26-24(27)18-10-13-21(28-2)19(14-18)15-30-23-7-5-4-6-22(23)29-3/h4-14,16H,15H2,1-3H3,(H,26,27). The molecular weight excluding hydrogens is 402 g/mol. The topological polar surface area (TPSA) is 56.8 Å². The molecule has 0 aliphatic carbocycles. The molecule has 0 radical (unpaired) electrons. The molecule has 0 heterocycles. The Labute approximate surface area is 181 Å². The van der Waals surface area contributed by atoms with Crippen molar-refractivity contribution in [2.45, 2.75) is 19.6 Å². The van der Waals surface area contributed by atoms with Gasteiger partial charge in [0.05, 0.1) is 20.3 Å². The summed E-state index contributed by atoms with van der Waals surface area (Å²) in [7, 11) is 3.18. The second kappa shape index (κ2) is 10.0. The van der Waals surface area contributed by atoms with Gasteiger partial charge in [0.2, 0.25) is 0 Å². The Balaban J connectivity index is 1.74. The van der Waals surface area contributed by atoms with Gasteiger partial charge in [-0.25, -0.2) is 0 Å². The molecular formula is C24H24ClNO4. The van der Waals surface area contributed by atoms with E-state index in [-0.39, 0.29) is 18.6 Å². The number of nitrogens with one attached hydrogen (secondary N) is 1. The summed E-state index contributed by atoms with van der Waals surface area (Å²) in [5, 5.41) is 3.66. The molecule has 0 saturated heterocycles. The monoisotopic (exact) mass is 425 g/mol. The lowest BCUT2D eigenvalue weighted by Gasteiger charge is -2.16. The van der Waals surface area contributed by atoms with Crippen LogP contribution in [-0.2, 0) is 6.61 Å². The first-order chi connectivity index (χ1) is 14.5. The van der Waals surface area contributed by atoms with Crippen molar-refractivity contribution >= 4 is 17.5 Å². The number of carbonyl (C=O) groups is 1. The molecule has 1 N–H and O–H groups in total. The zero-order chi connectivity index (χ0) is 21.5. The Morgan fingerprint density at radius 3 is 2.27 bits per heavy atom. The van der Waals surface area contributed by atoms with E-state index in [0.717, 1.165) is 11.1 Å². The van der Waals surface area contributed by atoms with E-state index in [0.29, 0.717) is 27.8 Å². The quantitative estimate of drug-likeness (QED) is 0.523. The fourth-order valence-corrected chi connectivity index (χ4v) is 3.17. The molecule has 30 heavy (non-hydrogen) atoms. The first-order valence-electron chi connectivity index (χ1n) is 9.51. The van der Waals surface area contributed by atoms with Crippen LogP contribution in [0.4, 0.5) is 0 Å². The van der Waals surface area contributed by atoms with Crippen molar-refractivity contribution in [2.75, 3.05) is 14.2 Å². The Morgan fingerprint density at radius 2 is 1.60 bits per heavy atom. The van der Waals surface area contributed by atoms with E-state index in [9.17, 15) is 4.79 Å². The number of methoxy groups -OCH3 is 2. The van der Waals surface area contributed by atoms with E-state index in [4.69, 9.17) is 25.8 Å². The van der Waals surface area contributed by atoms with Crippen molar-refractivity contribution in [3.05, 3.63) is 88.4 Å². The van der Waals surface area contributed by atoms with Crippen LogP contribution in [-0.4, -0.2) is 20.1 Å². The highest BCUT2D eigenvalue weighted by Crippen LogP contribution is 2.28. The summed E-state index contributed by atoms with van der Waals surface area (Å²) in [6.07, 6.45) is 0. The van der Waals surface area contributed by atoms with Gasteiger partial charge in [-0.1, -0.05) is 35.9 Å². The maximum absolute atomic E-state index is 12.8. The van der Waals surface area contributed by atoms with Gasteiger partial charge in [0.1, 0.15) is 12.4 Å². The number of para-hydroxylation sites is 2. The number of amides is 1. The third kappa shape index (κ3) is 5.24. The molecule has 6 heteroatoms. The molecule has 0 aromatic heterocycles. The summed E-state index contributed by atoms with van der Waals surface area (Å²) in [4.78, 5) is 12.8. The fourth-order valence-electron chi connectivity index (χ4n) is 3.04. The molecule has 1 atom stereocenters. The third-order valence-electron chi connectivity index (χ3n) is 4.71. The van der Waals surface area contributed by atoms with Crippen LogP contribution in [0.25, 0.3) is 0 Å². The summed E-state index contributed by atoms with van der Waals surface area (Å²) in [6.45, 7) is 2.16. The largest absolute Gasteiger partial charge is 0.496 e. The van der Waals surface area contributed by atoms with Crippen LogP contribution in [0.1, 0.15) is 34.5 Å². The summed E-state index contributed by atoms with van der Waals surface area (Å²) in [5.41, 5.74) is 2.26. The van der Waals surface area contributed by atoms with E-state index in [1.807, 2.05) is 43.3 Å². The molecule has 1 unspecified atom stereocenters. The minimum Gasteiger partial charge on any atom is -0.496 e. The van der Waals surface area contributed by atoms with Crippen LogP contribution in [0.2, 0.25) is 5.02 Å². The lowest BCUT2D eigenvalue weighted by Crippen LogP contribution is -2.26. The van der Waals surface area contributed by atoms with Gasteiger partial charge < -0.3 is 19.5 Å². The van der Waals surface area contributed by atoms with Gasteiger partial charge in [-0.05, 0) is 55.0 Å². The van der Waals surface area contributed by atoms with Gasteiger partial charge in [0, 0.05) is 16.1 Å². The van der Waals surface area contributed by atoms with E-state index in [1.165, 1.54) is 0 Å². The number of halogens is 1. The molecule has 156 valence electrons. The van der Waals surface area contributed by atoms with Crippen molar-refractivity contribution in [2.24, 2.45) is 0 Å². The smallest absolute Gasteiger partial charge is 0.251 e. The van der Waals surface area contributed by atoms with Gasteiger partial charge in [-0.15, -0.1) is 0 Å². The number of hydrogen-bond donors (Lipinski definition) is 1. The molecule has 1 amide bonds. The average molecular weight is 426 g/mol. The Kier molecular flexibility index (Phi) is 7.20. The third-order valence-corrected chi connectivity index (χ3v) is 4.96. The van der Waals surface area contributed by atoms with Gasteiger partial charge in [0.25, 0.3) is 5.91 Å². The van der Waals surface area contributed by atoms with E-state index >= 15 is 0 Å². The fraction of sp³-hybridized carbons (Fsp3) is 0.208. The zero-order valence-electron chi connectivity index (χ0n) is 17.1. The first kappa shape index (κ1) is 21.5. The minimum atomic E-state index is -0.182. The normalized spacial score (nSPS) is 11.5. The lowest BCUT2D eigenvalue weighted by atomic mass is 10.1. The molecule has 3 rings (SSSR count). The van der Waals surface area contributed by atoms with Crippen molar-refractivity contribution in [1.29, 1.82) is 0 Å². The molecule has 0 fully saturated rings. The van der Waals surface area contributed by atoms with Crippen LogP contribution in [0.15, 0.2) is 66.7 Å². The number of rotatable bonds is 8. The van der Waals surface area contributed by atoms with Crippen LogP contribution in [0.5, 0.6) is 17.2 Å². The molecule has 0 aliphatic heterocycles. The van der Waals surface area contributed by atoms with Crippen molar-refractivity contribution in [3.8, 4) is 17.2 Å². The van der Waals surface area contributed by atoms with E-state index in [1.54, 1.807) is 44.6 Å². The predicted octanol–water partition coefficient (Wildman–Crippen LogP) is 5.43. The van der Waals surface area contributed by atoms with Crippen LogP contribution < -0.4 is 19.5 Å². The minimum absolute atomic E-state index is 0.162. The molecule has 5 nitrogen and oxygen atoms in total. The van der Waals surface area contributed by atoms with Crippen LogP contribution in [0, 0.1) is 0 Å². The highest BCUT2D eigenvalue weighted by Gasteiger charge is 2.15. The second-order valence-electron chi connectivity index (χ2n) is 6.71. The highest BCUT2D eigenvalue weighted by atomic mass is 35.5. The molecule has 3 aromatic carbocycles. The summed E-state index contributed by atoms with van der Waals surface area (Å²) < 4.78 is 16.7. The van der Waals surface area contributed by atoms with Crippen LogP contribution in [0.3, 0.4) is 0 Å². The Hall–Kier alpha value is -3.18. The van der Waals surface area contributed by atoms with Crippen molar-refractivity contribution in [1.82, 2.24) is 5.32 Å². The maximum atomic E-state index is 12.8. The predicted molar refractivity (Wildman–Crippen MR) is 118 cm³/mol. The Bertz CT molecular complexity index is 1000. The summed E-state index contributed by atoms with van der Waals surface area (Å²) in [5.74, 6) is 1.72. The number of hydrogen-bond acceptors (Lipinski definition) is 4. The lowest BCUT2D eigenvalue weighted by molar-refractivity contribution is 0.0939. The van der Waals surface area contributed by atoms with E-state index in [2.05, 4.69) is 5.32 Å². The summed E-state index contributed by atoms with van der Waals surface area (Å²) in [6, 6.07) is 19.9. The molecule has 0 bridgehead atoms. The molecule has 0 saturated carbocycles. The van der Waals surface area contributed by atoms with Crippen molar-refractivity contribution in [3.63, 3.8) is 0 Å². The SMILES string of the molecule is COc1ccc(C(=O)NC(C)c2ccc(Cl)cc2)cc1COc1ccccc1OC. The average Bonchev–Trinajstić information content (AvgIpc) is 2.77. The first-order valence-corrected chi connectivity index (χ1v) is 9.88. The second-order valence-corrected chi connectivity index (χ2v) is 7.15. The molecule has 3 aromatic rings. The number of carbonyl (C=O) groups excluding carboxylic acids is 1. The Morgan fingerprint density at radius 1 is 0.933 bits per heavy atom. The van der Waals surface area contributed by atoms with Crippen molar-refractivity contribution < 1.29 is 19.0 Å². The van der Waals surface area contributed by atoms with Crippen LogP contribution >= 0.6 is 11.6 Å². The molecule has 0 spiro atoms. The molecule has 0 aliphatic rings. The zero-order valence-corrected chi connectivity index (χ0v) is 17.9. The van der Waals surface area contributed by atoms with Gasteiger partial charge >= 0.3 is 0 Å². The summed E-state index contributed by atoms with van der Waals surface area (Å²) >= 11 is 5.94. The van der Waals surface area contributed by atoms with E-state index < -0.39 is 0 Å². The number of benzene rings is 3. The maximum Gasteiger partial charge on any atom is 0.251 e. The van der Waals surface area contributed by atoms with Gasteiger partial charge in [0.15, 0.2) is 11.5 Å². The number of ether oxygens (including phenoxy) is 3. The van der Waals surface area contributed by atoms with Gasteiger partial charge in [-0.2, -0.15) is 0 Å². The van der Waals surface area contributed by atoms with Gasteiger partial charge in [-0.3, -0.25) is 4.79 Å². The highest BCUT2D eigenvalue weighted by molar-refractivity contribution is 6.30.